The van der Waals surface area contributed by atoms with Gasteiger partial charge in [0, 0.05) is 38.7 Å². The Labute approximate surface area is 165 Å². The van der Waals surface area contributed by atoms with Gasteiger partial charge in [-0.3, -0.25) is 10.1 Å². The Morgan fingerprint density at radius 2 is 1.86 bits per heavy atom. The first kappa shape index (κ1) is 21.8. The van der Waals surface area contributed by atoms with Crippen LogP contribution in [0.3, 0.4) is 0 Å². The van der Waals surface area contributed by atoms with Crippen molar-refractivity contribution in [2.24, 2.45) is 0 Å². The van der Waals surface area contributed by atoms with E-state index in [0.29, 0.717) is 12.3 Å². The van der Waals surface area contributed by atoms with Gasteiger partial charge < -0.3 is 29.2 Å². The molecule has 28 heavy (non-hydrogen) atoms. The van der Waals surface area contributed by atoms with Crippen LogP contribution in [0.5, 0.6) is 17.2 Å². The normalized spacial score (nSPS) is 14.7. The fourth-order valence-corrected chi connectivity index (χ4v) is 2.93. The molecule has 1 aromatic carbocycles. The van der Waals surface area contributed by atoms with E-state index >= 15 is 0 Å². The van der Waals surface area contributed by atoms with Crippen molar-refractivity contribution in [2.75, 3.05) is 58.9 Å². The van der Waals surface area contributed by atoms with Crippen LogP contribution in [0.2, 0.25) is 0 Å². The molecule has 2 N–H and O–H groups in total. The Hall–Kier alpha value is -2.52. The van der Waals surface area contributed by atoms with Crippen molar-refractivity contribution in [2.45, 2.75) is 19.8 Å². The van der Waals surface area contributed by atoms with Crippen LogP contribution in [0.1, 0.15) is 19.8 Å². The molecule has 1 amide bonds. The summed E-state index contributed by atoms with van der Waals surface area (Å²) >= 11 is 0. The predicted octanol–water partition coefficient (Wildman–Crippen LogP) is 1.86. The molecule has 0 unspecified atom stereocenters. The van der Waals surface area contributed by atoms with E-state index < -0.39 is 12.1 Å². The van der Waals surface area contributed by atoms with Crippen LogP contribution in [0.15, 0.2) is 12.1 Å². The third-order valence-electron chi connectivity index (χ3n) is 4.24. The fraction of sp³-hybridized carbons (Fsp3) is 0.579. The molecule has 0 saturated carbocycles. The standard InChI is InChI=1S/C19H29N3O6/c1-14(23)28-18-16(25-2)12-15(13-17(18)26-3)21-19(24)27-11-5-9-22-8-4-6-20-7-10-22/h12-13,20H,4-11H2,1-3H3,(H,21,24). The zero-order chi connectivity index (χ0) is 20.4. The van der Waals surface area contributed by atoms with E-state index in [-0.39, 0.29) is 17.2 Å². The number of hydrogen-bond donors (Lipinski definition) is 2. The van der Waals surface area contributed by atoms with E-state index in [0.717, 1.165) is 45.6 Å². The minimum Gasteiger partial charge on any atom is -0.493 e. The third-order valence-corrected chi connectivity index (χ3v) is 4.24. The molecule has 9 nitrogen and oxygen atoms in total. The monoisotopic (exact) mass is 395 g/mol. The number of nitrogens with zero attached hydrogens (tertiary/aromatic N) is 1. The average molecular weight is 395 g/mol. The number of anilines is 1. The number of benzene rings is 1. The van der Waals surface area contributed by atoms with Crippen LogP contribution in [-0.4, -0.2) is 70.5 Å². The molecule has 0 atom stereocenters. The van der Waals surface area contributed by atoms with Crippen molar-refractivity contribution in [3.63, 3.8) is 0 Å². The Morgan fingerprint density at radius 3 is 2.50 bits per heavy atom. The van der Waals surface area contributed by atoms with Crippen LogP contribution in [-0.2, 0) is 9.53 Å². The highest BCUT2D eigenvalue weighted by atomic mass is 16.6. The SMILES string of the molecule is COc1cc(NC(=O)OCCCN2CCCNCC2)cc(OC)c1OC(C)=O. The minimum absolute atomic E-state index is 0.156. The molecule has 9 heteroatoms. The van der Waals surface area contributed by atoms with E-state index in [1.165, 1.54) is 33.3 Å². The number of hydrogen-bond acceptors (Lipinski definition) is 8. The van der Waals surface area contributed by atoms with Crippen LogP contribution < -0.4 is 24.8 Å². The number of carbonyl (C=O) groups excluding carboxylic acids is 2. The molecule has 1 heterocycles. The van der Waals surface area contributed by atoms with E-state index in [1.54, 1.807) is 0 Å². The number of esters is 1. The van der Waals surface area contributed by atoms with Gasteiger partial charge in [0.15, 0.2) is 11.5 Å². The molecule has 0 aliphatic carbocycles. The van der Waals surface area contributed by atoms with Crippen molar-refractivity contribution in [1.29, 1.82) is 0 Å². The Morgan fingerprint density at radius 1 is 1.14 bits per heavy atom. The van der Waals surface area contributed by atoms with Crippen LogP contribution >= 0.6 is 0 Å². The summed E-state index contributed by atoms with van der Waals surface area (Å²) in [6, 6.07) is 3.07. The highest BCUT2D eigenvalue weighted by molar-refractivity contribution is 5.86. The van der Waals surface area contributed by atoms with E-state index in [2.05, 4.69) is 15.5 Å². The Kier molecular flexibility index (Phi) is 8.83. The maximum absolute atomic E-state index is 12.1. The number of carbonyl (C=O) groups is 2. The molecule has 1 aromatic rings. The zero-order valence-corrected chi connectivity index (χ0v) is 16.7. The molecule has 0 aromatic heterocycles. The van der Waals surface area contributed by atoms with Crippen LogP contribution in [0.25, 0.3) is 0 Å². The highest BCUT2D eigenvalue weighted by Gasteiger charge is 2.17. The number of ether oxygens (including phenoxy) is 4. The molecular weight excluding hydrogens is 366 g/mol. The summed E-state index contributed by atoms with van der Waals surface area (Å²) in [7, 11) is 2.87. The maximum atomic E-state index is 12.1. The number of methoxy groups -OCH3 is 2. The van der Waals surface area contributed by atoms with Gasteiger partial charge in [-0.2, -0.15) is 0 Å². The number of rotatable bonds is 8. The van der Waals surface area contributed by atoms with Crippen molar-refractivity contribution in [3.8, 4) is 17.2 Å². The molecule has 1 saturated heterocycles. The second kappa shape index (κ2) is 11.4. The lowest BCUT2D eigenvalue weighted by molar-refractivity contribution is -0.132. The predicted molar refractivity (Wildman–Crippen MR) is 104 cm³/mol. The Balaban J connectivity index is 1.86. The maximum Gasteiger partial charge on any atom is 0.411 e. The van der Waals surface area contributed by atoms with Gasteiger partial charge in [-0.1, -0.05) is 0 Å². The van der Waals surface area contributed by atoms with Gasteiger partial charge in [0.2, 0.25) is 5.75 Å². The molecule has 0 radical (unpaired) electrons. The summed E-state index contributed by atoms with van der Waals surface area (Å²) in [5, 5.41) is 6.00. The molecule has 156 valence electrons. The van der Waals surface area contributed by atoms with Gasteiger partial charge in [0.1, 0.15) is 0 Å². The molecule has 1 fully saturated rings. The van der Waals surface area contributed by atoms with Gasteiger partial charge in [0.05, 0.1) is 26.5 Å². The smallest absolute Gasteiger partial charge is 0.411 e. The van der Waals surface area contributed by atoms with Crippen molar-refractivity contribution < 1.29 is 28.5 Å². The van der Waals surface area contributed by atoms with E-state index in [4.69, 9.17) is 18.9 Å². The van der Waals surface area contributed by atoms with Gasteiger partial charge in [-0.15, -0.1) is 0 Å². The van der Waals surface area contributed by atoms with Crippen LogP contribution in [0, 0.1) is 0 Å². The fourth-order valence-electron chi connectivity index (χ4n) is 2.93. The second-order valence-corrected chi connectivity index (χ2v) is 6.36. The molecule has 1 aliphatic rings. The first-order chi connectivity index (χ1) is 13.5. The first-order valence-electron chi connectivity index (χ1n) is 9.34. The molecule has 0 bridgehead atoms. The topological polar surface area (TPSA) is 98.4 Å². The lowest BCUT2D eigenvalue weighted by Gasteiger charge is -2.19. The second-order valence-electron chi connectivity index (χ2n) is 6.36. The molecule has 1 aliphatic heterocycles. The number of amides is 1. The summed E-state index contributed by atoms with van der Waals surface area (Å²) < 4.78 is 20.8. The lowest BCUT2D eigenvalue weighted by atomic mass is 10.2. The summed E-state index contributed by atoms with van der Waals surface area (Å²) in [4.78, 5) is 25.7. The van der Waals surface area contributed by atoms with Gasteiger partial charge in [-0.05, 0) is 25.9 Å². The largest absolute Gasteiger partial charge is 0.493 e. The van der Waals surface area contributed by atoms with E-state index in [9.17, 15) is 9.59 Å². The van der Waals surface area contributed by atoms with Gasteiger partial charge in [0.25, 0.3) is 0 Å². The quantitative estimate of drug-likeness (QED) is 0.391. The van der Waals surface area contributed by atoms with Crippen molar-refractivity contribution in [3.05, 3.63) is 12.1 Å². The average Bonchev–Trinajstić information content (AvgIpc) is 2.94. The first-order valence-corrected chi connectivity index (χ1v) is 9.34. The summed E-state index contributed by atoms with van der Waals surface area (Å²) in [5.41, 5.74) is 0.410. The number of nitrogens with one attached hydrogen (secondary N) is 2. The van der Waals surface area contributed by atoms with Crippen molar-refractivity contribution >= 4 is 17.7 Å². The molecular formula is C19H29N3O6. The minimum atomic E-state index is -0.568. The van der Waals surface area contributed by atoms with Gasteiger partial charge in [-0.25, -0.2) is 4.79 Å². The third kappa shape index (κ3) is 6.90. The Bertz CT molecular complexity index is 634. The molecule has 2 rings (SSSR count). The van der Waals surface area contributed by atoms with Crippen LogP contribution in [0.4, 0.5) is 10.5 Å². The zero-order valence-electron chi connectivity index (χ0n) is 16.7. The molecule has 0 spiro atoms. The lowest BCUT2D eigenvalue weighted by Crippen LogP contribution is -2.30. The summed E-state index contributed by atoms with van der Waals surface area (Å²) in [6.07, 6.45) is 1.33. The van der Waals surface area contributed by atoms with Crippen molar-refractivity contribution in [1.82, 2.24) is 10.2 Å². The summed E-state index contributed by atoms with van der Waals surface area (Å²) in [5.74, 6) is 0.180. The van der Waals surface area contributed by atoms with Gasteiger partial charge >= 0.3 is 12.1 Å². The summed E-state index contributed by atoms with van der Waals surface area (Å²) in [6.45, 7) is 6.63. The van der Waals surface area contributed by atoms with E-state index in [1.807, 2.05) is 0 Å². The highest BCUT2D eigenvalue weighted by Crippen LogP contribution is 2.40.